The van der Waals surface area contributed by atoms with Crippen LogP contribution in [0.1, 0.15) is 127 Å². The van der Waals surface area contributed by atoms with Crippen LogP contribution in [0, 0.1) is 38.9 Å². The molecule has 0 heterocycles. The maximum Gasteiger partial charge on any atom is 0.0597 e. The molecule has 4 aliphatic rings. The van der Waals surface area contributed by atoms with Crippen LogP contribution < -0.4 is 0 Å². The van der Waals surface area contributed by atoms with E-state index in [1.54, 1.807) is 0 Å². The van der Waals surface area contributed by atoms with E-state index in [0.717, 1.165) is 18.3 Å². The fourth-order valence-corrected chi connectivity index (χ4v) is 9.67. The predicted octanol–water partition coefficient (Wildman–Crippen LogP) is 8.87. The van der Waals surface area contributed by atoms with Gasteiger partial charge in [-0.3, -0.25) is 0 Å². The summed E-state index contributed by atoms with van der Waals surface area (Å²) in [6.07, 6.45) is 15.0. The molecule has 2 fully saturated rings. The quantitative estimate of drug-likeness (QED) is 0.433. The molecule has 4 rings (SSSR count). The molecule has 0 bridgehead atoms. The predicted molar refractivity (Wildman–Crippen MR) is 137 cm³/mol. The summed E-state index contributed by atoms with van der Waals surface area (Å²) in [6, 6.07) is 0. The largest absolute Gasteiger partial charge is 0.393 e. The minimum Gasteiger partial charge on any atom is -0.393 e. The molecule has 7 atom stereocenters. The van der Waals surface area contributed by atoms with Gasteiger partial charge in [0.1, 0.15) is 0 Å². The lowest BCUT2D eigenvalue weighted by atomic mass is 9.38. The molecule has 1 N–H and O–H groups in total. The first-order valence-corrected chi connectivity index (χ1v) is 13.8. The van der Waals surface area contributed by atoms with Crippen LogP contribution in [0.4, 0.5) is 0 Å². The number of rotatable bonds is 4. The Morgan fingerprint density at radius 3 is 2.16 bits per heavy atom. The van der Waals surface area contributed by atoms with Crippen LogP contribution >= 0.6 is 0 Å². The van der Waals surface area contributed by atoms with E-state index >= 15 is 0 Å². The second kappa shape index (κ2) is 7.73. The second-order valence-electron chi connectivity index (χ2n) is 14.1. The van der Waals surface area contributed by atoms with Gasteiger partial charge < -0.3 is 5.11 Å². The highest BCUT2D eigenvalue weighted by atomic mass is 16.3. The summed E-state index contributed by atoms with van der Waals surface area (Å²) in [6.45, 7) is 22.2. The van der Waals surface area contributed by atoms with Gasteiger partial charge in [0.25, 0.3) is 0 Å². The van der Waals surface area contributed by atoms with Gasteiger partial charge in [-0.1, -0.05) is 71.3 Å². The lowest BCUT2D eigenvalue weighted by molar-refractivity contribution is -0.158. The summed E-state index contributed by atoms with van der Waals surface area (Å²) in [4.78, 5) is 0. The van der Waals surface area contributed by atoms with E-state index in [-0.39, 0.29) is 22.3 Å². The van der Waals surface area contributed by atoms with Crippen molar-refractivity contribution in [1.29, 1.82) is 0 Å². The number of fused-ring (bicyclic) bond motifs is 4. The van der Waals surface area contributed by atoms with Gasteiger partial charge in [0.05, 0.1) is 6.10 Å². The molecule has 0 radical (unpaired) electrons. The van der Waals surface area contributed by atoms with E-state index in [9.17, 15) is 5.11 Å². The van der Waals surface area contributed by atoms with Crippen LogP contribution in [0.25, 0.3) is 0 Å². The fourth-order valence-electron chi connectivity index (χ4n) is 9.67. The number of aliphatic hydroxyl groups is 1. The molecule has 1 heteroatoms. The van der Waals surface area contributed by atoms with Gasteiger partial charge in [0.2, 0.25) is 0 Å². The first-order valence-electron chi connectivity index (χ1n) is 13.8. The minimum absolute atomic E-state index is 0.0160. The van der Waals surface area contributed by atoms with Crippen LogP contribution in [0.15, 0.2) is 22.8 Å². The average molecular weight is 441 g/mol. The number of hydrogen-bond donors (Lipinski definition) is 1. The molecule has 182 valence electrons. The van der Waals surface area contributed by atoms with Crippen molar-refractivity contribution in [2.45, 2.75) is 133 Å². The molecule has 0 spiro atoms. The zero-order chi connectivity index (χ0) is 23.7. The molecule has 0 aliphatic heterocycles. The highest BCUT2D eigenvalue weighted by Crippen LogP contribution is 2.75. The zero-order valence-electron chi connectivity index (χ0n) is 22.8. The van der Waals surface area contributed by atoms with Crippen molar-refractivity contribution < 1.29 is 5.11 Å². The van der Waals surface area contributed by atoms with Crippen molar-refractivity contribution in [3.63, 3.8) is 0 Å². The van der Waals surface area contributed by atoms with Gasteiger partial charge in [-0.15, -0.1) is 0 Å². The lowest BCUT2D eigenvalue weighted by Gasteiger charge is -2.67. The first-order chi connectivity index (χ1) is 14.7. The van der Waals surface area contributed by atoms with E-state index in [0.29, 0.717) is 10.8 Å². The maximum absolute atomic E-state index is 11.0. The van der Waals surface area contributed by atoms with Crippen molar-refractivity contribution in [2.75, 3.05) is 0 Å². The fraction of sp³-hybridized carbons (Fsp3) is 0.871. The molecule has 4 aliphatic carbocycles. The molecule has 0 aromatic carbocycles. The molecule has 32 heavy (non-hydrogen) atoms. The monoisotopic (exact) mass is 440 g/mol. The van der Waals surface area contributed by atoms with Gasteiger partial charge in [-0.2, -0.15) is 0 Å². The Hall–Kier alpha value is -0.560. The second-order valence-corrected chi connectivity index (χ2v) is 14.1. The van der Waals surface area contributed by atoms with Crippen LogP contribution in [0.2, 0.25) is 0 Å². The Morgan fingerprint density at radius 1 is 0.906 bits per heavy atom. The van der Waals surface area contributed by atoms with Crippen molar-refractivity contribution in [2.24, 2.45) is 38.9 Å². The Labute approximate surface area is 199 Å². The summed E-state index contributed by atoms with van der Waals surface area (Å²) in [5.41, 5.74) is 6.42. The minimum atomic E-state index is -0.162. The summed E-state index contributed by atoms with van der Waals surface area (Å²) in [5, 5.41) is 11.0. The van der Waals surface area contributed by atoms with Crippen molar-refractivity contribution in [1.82, 2.24) is 0 Å². The van der Waals surface area contributed by atoms with Gasteiger partial charge in [0, 0.05) is 0 Å². The summed E-state index contributed by atoms with van der Waals surface area (Å²) in [7, 11) is 0. The third-order valence-electron chi connectivity index (χ3n) is 12.8. The molecule has 0 aromatic rings. The molecule has 0 unspecified atom stereocenters. The standard InChI is InChI=1S/C31H52O/c1-21(2)11-10-12-22(3)23-13-17-29(7)24-15-20-31(9)27(4,5)26(32)16-19-30(31,8)25(24)14-18-28(23,29)6/h11,22-23,26,32H,10,12-20H2,1-9H3/t22-,23-,26+,28-,29+,30-,31+/m1/s1. The molecule has 2 saturated carbocycles. The molecule has 0 saturated heterocycles. The van der Waals surface area contributed by atoms with Crippen LogP contribution in [0.3, 0.4) is 0 Å². The SMILES string of the molecule is CC(C)=CCC[C@@H](C)[C@H]1CC[C@@]2(C)C3=C(CC[C@]12C)[C@@]1(C)CC[C@H](O)C(C)(C)[C@]1(C)CC3. The Bertz CT molecular complexity index is 812. The number of aliphatic hydroxyl groups excluding tert-OH is 1. The highest BCUT2D eigenvalue weighted by Gasteiger charge is 2.66. The van der Waals surface area contributed by atoms with Crippen LogP contribution in [0.5, 0.6) is 0 Å². The third-order valence-corrected chi connectivity index (χ3v) is 12.8. The smallest absolute Gasteiger partial charge is 0.0597 e. The van der Waals surface area contributed by atoms with E-state index in [1.165, 1.54) is 63.4 Å². The number of hydrogen-bond acceptors (Lipinski definition) is 1. The summed E-state index contributed by atoms with van der Waals surface area (Å²) < 4.78 is 0. The Morgan fingerprint density at radius 2 is 1.50 bits per heavy atom. The van der Waals surface area contributed by atoms with E-state index in [4.69, 9.17) is 0 Å². The third kappa shape index (κ3) is 3.04. The topological polar surface area (TPSA) is 20.2 Å². The van der Waals surface area contributed by atoms with Crippen LogP contribution in [-0.4, -0.2) is 11.2 Å². The summed E-state index contributed by atoms with van der Waals surface area (Å²) in [5.74, 6) is 1.67. The molecule has 0 aromatic heterocycles. The van der Waals surface area contributed by atoms with Crippen molar-refractivity contribution >= 4 is 0 Å². The summed E-state index contributed by atoms with van der Waals surface area (Å²) >= 11 is 0. The van der Waals surface area contributed by atoms with E-state index < -0.39 is 0 Å². The molecular formula is C31H52O. The lowest BCUT2D eigenvalue weighted by Crippen LogP contribution is -2.61. The average Bonchev–Trinajstić information content (AvgIpc) is 2.99. The number of allylic oxidation sites excluding steroid dienone is 4. The highest BCUT2D eigenvalue weighted by molar-refractivity contribution is 5.40. The zero-order valence-corrected chi connectivity index (χ0v) is 22.8. The maximum atomic E-state index is 11.0. The van der Waals surface area contributed by atoms with E-state index in [1.807, 2.05) is 11.1 Å². The molecular weight excluding hydrogens is 388 g/mol. The van der Waals surface area contributed by atoms with Crippen molar-refractivity contribution in [3.8, 4) is 0 Å². The van der Waals surface area contributed by atoms with Gasteiger partial charge in [0.15, 0.2) is 0 Å². The first kappa shape index (κ1) is 24.6. The van der Waals surface area contributed by atoms with Gasteiger partial charge in [-0.25, -0.2) is 0 Å². The Kier molecular flexibility index (Phi) is 5.93. The van der Waals surface area contributed by atoms with Gasteiger partial charge >= 0.3 is 0 Å². The van der Waals surface area contributed by atoms with Crippen molar-refractivity contribution in [3.05, 3.63) is 22.8 Å². The van der Waals surface area contributed by atoms with Gasteiger partial charge in [-0.05, 0) is 117 Å². The molecule has 1 nitrogen and oxygen atoms in total. The van der Waals surface area contributed by atoms with E-state index in [2.05, 4.69) is 68.4 Å². The Balaban J connectivity index is 1.69. The normalized spacial score (nSPS) is 46.2. The van der Waals surface area contributed by atoms with Crippen LogP contribution in [-0.2, 0) is 0 Å². The molecule has 0 amide bonds.